The summed E-state index contributed by atoms with van der Waals surface area (Å²) in [6.45, 7) is 0. The van der Waals surface area contributed by atoms with Crippen LogP contribution in [0.3, 0.4) is 0 Å². The summed E-state index contributed by atoms with van der Waals surface area (Å²) in [4.78, 5) is 37.9. The second kappa shape index (κ2) is 13.0. The van der Waals surface area contributed by atoms with E-state index in [1.807, 2.05) is 48.5 Å². The van der Waals surface area contributed by atoms with Gasteiger partial charge in [0.15, 0.2) is 5.58 Å². The van der Waals surface area contributed by atoms with Crippen molar-refractivity contribution in [2.24, 2.45) is 0 Å². The van der Waals surface area contributed by atoms with E-state index in [1.165, 1.54) is 29.0 Å². The number of ether oxygens (including phenoxy) is 2. The van der Waals surface area contributed by atoms with Crippen LogP contribution in [0.2, 0.25) is 0 Å². The average molecular weight is 634 g/mol. The average Bonchev–Trinajstić information content (AvgIpc) is 3.48. The van der Waals surface area contributed by atoms with Crippen molar-refractivity contribution in [1.29, 1.82) is 0 Å². The molecule has 10 heteroatoms. The van der Waals surface area contributed by atoms with Crippen LogP contribution < -0.4 is 4.74 Å². The largest absolute Gasteiger partial charge is 0.466 e. The van der Waals surface area contributed by atoms with Crippen molar-refractivity contribution in [2.45, 2.75) is 6.42 Å². The van der Waals surface area contributed by atoms with E-state index in [9.17, 15) is 4.79 Å². The maximum Gasteiger partial charge on any atom is 0.466 e. The predicted molar refractivity (Wildman–Crippen MR) is 176 cm³/mol. The first kappa shape index (κ1) is 30.7. The molecule has 0 atom stereocenters. The molecule has 9 nitrogen and oxygen atoms in total. The minimum Gasteiger partial charge on any atom is -0.465 e. The van der Waals surface area contributed by atoms with Crippen LogP contribution >= 0.6 is 7.82 Å². The lowest BCUT2D eigenvalue weighted by molar-refractivity contribution is 0.0601. The van der Waals surface area contributed by atoms with E-state index in [4.69, 9.17) is 33.1 Å². The molecule has 0 radical (unpaired) electrons. The maximum atomic E-state index is 11.8. The number of methoxy groups -OCH3 is 1. The van der Waals surface area contributed by atoms with Gasteiger partial charge in [-0.15, -0.1) is 0 Å². The van der Waals surface area contributed by atoms with Crippen LogP contribution in [0.1, 0.15) is 21.5 Å². The number of phosphoric acid groups is 1. The van der Waals surface area contributed by atoms with E-state index in [0.29, 0.717) is 22.6 Å². The second-order valence-corrected chi connectivity index (χ2v) is 11.5. The molecule has 1 aromatic heterocycles. The molecule has 7 aromatic rings. The van der Waals surface area contributed by atoms with Gasteiger partial charge in [0.2, 0.25) is 5.89 Å². The van der Waals surface area contributed by atoms with Crippen molar-refractivity contribution in [3.8, 4) is 23.0 Å². The van der Waals surface area contributed by atoms with Crippen molar-refractivity contribution in [3.05, 3.63) is 138 Å². The molecule has 0 saturated carbocycles. The summed E-state index contributed by atoms with van der Waals surface area (Å²) < 4.78 is 25.4. The molecule has 3 N–H and O–H groups in total. The fraction of sp³-hybridized carbons (Fsp3) is 0.0556. The number of aromatic nitrogens is 1. The highest BCUT2D eigenvalue weighted by atomic mass is 31.2. The summed E-state index contributed by atoms with van der Waals surface area (Å²) in [5, 5.41) is 4.57. The first-order chi connectivity index (χ1) is 22.2. The Labute approximate surface area is 263 Å². The van der Waals surface area contributed by atoms with Gasteiger partial charge in [0.25, 0.3) is 0 Å². The molecule has 0 unspecified atom stereocenters. The van der Waals surface area contributed by atoms with Crippen molar-refractivity contribution < 1.29 is 37.9 Å². The van der Waals surface area contributed by atoms with Crippen molar-refractivity contribution in [1.82, 2.24) is 4.98 Å². The number of hydrogen-bond donors (Lipinski definition) is 3. The zero-order valence-corrected chi connectivity index (χ0v) is 25.4. The molecule has 0 fully saturated rings. The molecule has 8 rings (SSSR count). The number of oxazole rings is 1. The smallest absolute Gasteiger partial charge is 0.465 e. The lowest BCUT2D eigenvalue weighted by Gasteiger charge is -2.19. The molecule has 46 heavy (non-hydrogen) atoms. The van der Waals surface area contributed by atoms with Crippen LogP contribution in [0, 0.1) is 0 Å². The van der Waals surface area contributed by atoms with E-state index in [2.05, 4.69) is 59.6 Å². The summed E-state index contributed by atoms with van der Waals surface area (Å²) in [6.07, 6.45) is 0.979. The molecular formula is C36H28NO8P. The first-order valence-electron chi connectivity index (χ1n) is 14.2. The van der Waals surface area contributed by atoms with E-state index in [-0.39, 0.29) is 0 Å². The molecule has 1 aliphatic rings. The highest BCUT2D eigenvalue weighted by molar-refractivity contribution is 7.45. The Kier molecular flexibility index (Phi) is 8.66. The number of hydrogen-bond acceptors (Lipinski definition) is 6. The summed E-state index contributed by atoms with van der Waals surface area (Å²) in [6, 6.07) is 40.2. The quantitative estimate of drug-likeness (QED) is 0.0980. The van der Waals surface area contributed by atoms with Gasteiger partial charge in [-0.25, -0.2) is 14.3 Å². The van der Waals surface area contributed by atoms with Crippen LogP contribution in [-0.4, -0.2) is 32.7 Å². The molecule has 0 amide bonds. The molecule has 0 aliphatic carbocycles. The Hall–Kier alpha value is -5.31. The SMILES string of the molecule is COC(=O)c1ccc2oc(-c3cccc4cc5ccccc5cc34)nc2c1.O=P(O)(O)O.c1ccc2c(c1)Cc1ccccc1O2. The van der Waals surface area contributed by atoms with E-state index in [0.717, 1.165) is 34.3 Å². The molecule has 2 heterocycles. The third-order valence-corrected chi connectivity index (χ3v) is 7.33. The number of fused-ring (bicyclic) bond motifs is 5. The minimum atomic E-state index is -4.64. The molecule has 0 bridgehead atoms. The van der Waals surface area contributed by atoms with E-state index in [1.54, 1.807) is 18.2 Å². The number of carbonyl (C=O) groups excluding carboxylic acids is 1. The number of rotatable bonds is 2. The van der Waals surface area contributed by atoms with Crippen molar-refractivity contribution in [2.75, 3.05) is 7.11 Å². The second-order valence-electron chi connectivity index (χ2n) is 10.4. The van der Waals surface area contributed by atoms with E-state index < -0.39 is 13.8 Å². The molecular weight excluding hydrogens is 605 g/mol. The Morgan fingerprint density at radius 1 is 0.739 bits per heavy atom. The van der Waals surface area contributed by atoms with Crippen molar-refractivity contribution >= 4 is 46.4 Å². The van der Waals surface area contributed by atoms with E-state index >= 15 is 0 Å². The zero-order chi connectivity index (χ0) is 32.3. The molecule has 0 spiro atoms. The molecule has 6 aromatic carbocycles. The van der Waals surface area contributed by atoms with Crippen LogP contribution in [0.4, 0.5) is 0 Å². The zero-order valence-electron chi connectivity index (χ0n) is 24.5. The maximum absolute atomic E-state index is 11.8. The van der Waals surface area contributed by atoms with Gasteiger partial charge < -0.3 is 28.6 Å². The van der Waals surface area contributed by atoms with Gasteiger partial charge in [0.05, 0.1) is 12.7 Å². The Balaban J connectivity index is 0.000000162. The van der Waals surface area contributed by atoms with Gasteiger partial charge in [-0.1, -0.05) is 72.8 Å². The van der Waals surface area contributed by atoms with Gasteiger partial charge >= 0.3 is 13.8 Å². The Bertz CT molecular complexity index is 2160. The molecule has 1 aliphatic heterocycles. The number of carbonyl (C=O) groups is 1. The number of nitrogens with zero attached hydrogens (tertiary/aromatic N) is 1. The van der Waals surface area contributed by atoms with Crippen molar-refractivity contribution in [3.63, 3.8) is 0 Å². The van der Waals surface area contributed by atoms with Crippen LogP contribution in [0.15, 0.2) is 126 Å². The van der Waals surface area contributed by atoms with Crippen LogP contribution in [-0.2, 0) is 15.7 Å². The topological polar surface area (TPSA) is 139 Å². The highest BCUT2D eigenvalue weighted by Crippen LogP contribution is 2.36. The third kappa shape index (κ3) is 6.99. The minimum absolute atomic E-state index is 0.391. The van der Waals surface area contributed by atoms with Crippen LogP contribution in [0.5, 0.6) is 11.5 Å². The number of para-hydroxylation sites is 2. The normalized spacial score (nSPS) is 11.7. The lowest BCUT2D eigenvalue weighted by atomic mass is 10.00. The highest BCUT2D eigenvalue weighted by Gasteiger charge is 2.16. The Morgan fingerprint density at radius 3 is 1.98 bits per heavy atom. The van der Waals surface area contributed by atoms with Gasteiger partial charge in [0, 0.05) is 12.0 Å². The summed E-state index contributed by atoms with van der Waals surface area (Å²) >= 11 is 0. The Morgan fingerprint density at radius 2 is 1.33 bits per heavy atom. The predicted octanol–water partition coefficient (Wildman–Crippen LogP) is 8.04. The van der Waals surface area contributed by atoms with Gasteiger partial charge in [-0.05, 0) is 81.2 Å². The third-order valence-electron chi connectivity index (χ3n) is 7.33. The standard InChI is InChI=1S/C23H15NO3.C13H10O.H3O4P/c1-26-23(25)17-9-10-21-20(13-17)24-22(27-21)18-8-4-7-16-11-14-5-2-3-6-15(14)12-19(16)18;1-3-7-12-10(5-1)9-11-6-2-4-8-13(11)14-12;1-5(2,3)4/h2-13H,1H3;1-8H,9H2;(H3,1,2,3,4). The molecule has 0 saturated heterocycles. The fourth-order valence-corrected chi connectivity index (χ4v) is 5.26. The lowest BCUT2D eigenvalue weighted by Crippen LogP contribution is -2.01. The summed E-state index contributed by atoms with van der Waals surface area (Å²) in [5.74, 6) is 2.13. The van der Waals surface area contributed by atoms with Gasteiger partial charge in [-0.3, -0.25) is 0 Å². The number of esters is 1. The van der Waals surface area contributed by atoms with Gasteiger partial charge in [-0.2, -0.15) is 0 Å². The fourth-order valence-electron chi connectivity index (χ4n) is 5.26. The first-order valence-corrected chi connectivity index (χ1v) is 15.8. The monoisotopic (exact) mass is 633 g/mol. The number of benzene rings is 6. The van der Waals surface area contributed by atoms with Crippen LogP contribution in [0.25, 0.3) is 44.1 Å². The van der Waals surface area contributed by atoms with Gasteiger partial charge in [0.1, 0.15) is 17.0 Å². The summed E-state index contributed by atoms with van der Waals surface area (Å²) in [5.41, 5.74) is 5.18. The summed E-state index contributed by atoms with van der Waals surface area (Å²) in [7, 11) is -3.28. The molecule has 230 valence electrons.